The fourth-order valence-electron chi connectivity index (χ4n) is 1.25. The van der Waals surface area contributed by atoms with Gasteiger partial charge in [0.15, 0.2) is 0 Å². The molecule has 1 heterocycles. The minimum Gasteiger partial charge on any atom is -0.493 e. The van der Waals surface area contributed by atoms with E-state index in [4.69, 9.17) is 4.74 Å². The Morgan fingerprint density at radius 1 is 1.13 bits per heavy atom. The topological polar surface area (TPSA) is 9.23 Å². The van der Waals surface area contributed by atoms with Crippen LogP contribution in [0.15, 0.2) is 41.1 Å². The maximum Gasteiger partial charge on any atom is 0.119 e. The van der Waals surface area contributed by atoms with E-state index >= 15 is 0 Å². The molecule has 0 aliphatic rings. The minimum absolute atomic E-state index is 0.747. The van der Waals surface area contributed by atoms with Crippen molar-refractivity contribution in [2.24, 2.45) is 0 Å². The number of thiophene rings is 1. The van der Waals surface area contributed by atoms with Crippen LogP contribution in [0.25, 0.3) is 0 Å². The number of benzene rings is 1. The lowest BCUT2D eigenvalue weighted by atomic mass is 10.2. The van der Waals surface area contributed by atoms with Crippen molar-refractivity contribution < 1.29 is 4.74 Å². The molecular formula is C12H11IOS. The van der Waals surface area contributed by atoms with E-state index in [1.54, 1.807) is 11.3 Å². The zero-order valence-corrected chi connectivity index (χ0v) is 11.1. The van der Waals surface area contributed by atoms with E-state index in [1.165, 1.54) is 9.13 Å². The van der Waals surface area contributed by atoms with E-state index in [2.05, 4.69) is 51.6 Å². The Balaban J connectivity index is 1.81. The Hall–Kier alpha value is -0.550. The summed E-state index contributed by atoms with van der Waals surface area (Å²) < 4.78 is 6.87. The monoisotopic (exact) mass is 330 g/mol. The van der Waals surface area contributed by atoms with Gasteiger partial charge in [-0.3, -0.25) is 0 Å². The number of ether oxygens (including phenoxy) is 1. The summed E-state index contributed by atoms with van der Waals surface area (Å²) in [6.07, 6.45) is 0.982. The first-order valence-electron chi connectivity index (χ1n) is 4.74. The van der Waals surface area contributed by atoms with Crippen LogP contribution in [0, 0.1) is 3.57 Å². The lowest BCUT2D eigenvalue weighted by Gasteiger charge is -2.04. The fraction of sp³-hybridized carbons (Fsp3) is 0.167. The summed E-state index contributed by atoms with van der Waals surface area (Å²) in [5.41, 5.74) is 1.35. The Labute approximate surface area is 107 Å². The van der Waals surface area contributed by atoms with Crippen molar-refractivity contribution in [1.82, 2.24) is 0 Å². The van der Waals surface area contributed by atoms with Gasteiger partial charge >= 0.3 is 0 Å². The number of rotatable bonds is 4. The van der Waals surface area contributed by atoms with Gasteiger partial charge in [-0.1, -0.05) is 0 Å². The van der Waals surface area contributed by atoms with E-state index in [9.17, 15) is 0 Å². The van der Waals surface area contributed by atoms with E-state index < -0.39 is 0 Å². The second kappa shape index (κ2) is 5.51. The molecule has 1 aromatic heterocycles. The van der Waals surface area contributed by atoms with Crippen LogP contribution in [-0.2, 0) is 6.42 Å². The smallest absolute Gasteiger partial charge is 0.119 e. The van der Waals surface area contributed by atoms with Gasteiger partial charge in [0.25, 0.3) is 0 Å². The molecule has 0 amide bonds. The van der Waals surface area contributed by atoms with E-state index in [0.717, 1.165) is 18.8 Å². The molecule has 0 aliphatic heterocycles. The number of hydrogen-bond acceptors (Lipinski definition) is 2. The zero-order valence-electron chi connectivity index (χ0n) is 8.15. The van der Waals surface area contributed by atoms with Crippen molar-refractivity contribution in [2.45, 2.75) is 6.42 Å². The van der Waals surface area contributed by atoms with E-state index in [-0.39, 0.29) is 0 Å². The van der Waals surface area contributed by atoms with E-state index in [1.807, 2.05) is 12.1 Å². The summed E-state index contributed by atoms with van der Waals surface area (Å²) in [6.45, 7) is 0.747. The molecule has 0 saturated carbocycles. The van der Waals surface area contributed by atoms with Crippen molar-refractivity contribution in [3.8, 4) is 5.75 Å². The molecule has 0 unspecified atom stereocenters. The molecule has 2 rings (SSSR count). The third-order valence-corrected chi connectivity index (χ3v) is 3.50. The first-order chi connectivity index (χ1) is 7.34. The first kappa shape index (κ1) is 11.0. The molecule has 2 aromatic rings. The number of hydrogen-bond donors (Lipinski definition) is 0. The van der Waals surface area contributed by atoms with Crippen LogP contribution in [0.5, 0.6) is 5.75 Å². The average Bonchev–Trinajstić information content (AvgIpc) is 2.74. The van der Waals surface area contributed by atoms with Gasteiger partial charge in [-0.05, 0) is 69.2 Å². The Morgan fingerprint density at radius 2 is 1.93 bits per heavy atom. The van der Waals surface area contributed by atoms with Gasteiger partial charge in [0.1, 0.15) is 5.75 Å². The summed E-state index contributed by atoms with van der Waals surface area (Å²) in [6, 6.07) is 10.3. The molecule has 0 atom stereocenters. The van der Waals surface area contributed by atoms with Crippen molar-refractivity contribution in [1.29, 1.82) is 0 Å². The van der Waals surface area contributed by atoms with Crippen LogP contribution >= 0.6 is 33.9 Å². The first-order valence-corrected chi connectivity index (χ1v) is 6.76. The van der Waals surface area contributed by atoms with Crippen LogP contribution in [0.3, 0.4) is 0 Å². The lowest BCUT2D eigenvalue weighted by molar-refractivity contribution is 0.322. The van der Waals surface area contributed by atoms with Crippen molar-refractivity contribution >= 4 is 33.9 Å². The molecule has 0 aliphatic carbocycles. The molecule has 0 saturated heterocycles. The highest BCUT2D eigenvalue weighted by Crippen LogP contribution is 2.14. The second-order valence-corrected chi connectivity index (χ2v) is 5.21. The van der Waals surface area contributed by atoms with Gasteiger partial charge in [0.05, 0.1) is 6.61 Å². The Morgan fingerprint density at radius 3 is 2.60 bits per heavy atom. The molecule has 0 fully saturated rings. The van der Waals surface area contributed by atoms with Gasteiger partial charge in [-0.2, -0.15) is 11.3 Å². The molecule has 1 aromatic carbocycles. The van der Waals surface area contributed by atoms with Crippen LogP contribution < -0.4 is 4.74 Å². The molecular weight excluding hydrogens is 319 g/mol. The Kier molecular flexibility index (Phi) is 4.02. The minimum atomic E-state index is 0.747. The summed E-state index contributed by atoms with van der Waals surface area (Å²) >= 11 is 4.02. The van der Waals surface area contributed by atoms with Crippen LogP contribution in [0.1, 0.15) is 5.56 Å². The summed E-state index contributed by atoms with van der Waals surface area (Å²) in [5.74, 6) is 0.950. The SMILES string of the molecule is Ic1ccc(OCCc2ccsc2)cc1. The standard InChI is InChI=1S/C12H11IOS/c13-11-1-3-12(4-2-11)14-7-5-10-6-8-15-9-10/h1-4,6,8-9H,5,7H2. The van der Waals surface area contributed by atoms with E-state index in [0.29, 0.717) is 0 Å². The molecule has 78 valence electrons. The molecule has 1 nitrogen and oxygen atoms in total. The van der Waals surface area contributed by atoms with Crippen LogP contribution in [0.2, 0.25) is 0 Å². The van der Waals surface area contributed by atoms with Gasteiger partial charge in [-0.15, -0.1) is 0 Å². The maximum atomic E-state index is 5.64. The summed E-state index contributed by atoms with van der Waals surface area (Å²) in [4.78, 5) is 0. The highest BCUT2D eigenvalue weighted by Gasteiger charge is 1.95. The number of halogens is 1. The van der Waals surface area contributed by atoms with Gasteiger partial charge < -0.3 is 4.74 Å². The molecule has 3 heteroatoms. The maximum absolute atomic E-state index is 5.64. The van der Waals surface area contributed by atoms with Crippen LogP contribution in [-0.4, -0.2) is 6.61 Å². The summed E-state index contributed by atoms with van der Waals surface area (Å²) in [7, 11) is 0. The third kappa shape index (κ3) is 3.50. The largest absolute Gasteiger partial charge is 0.493 e. The molecule has 0 spiro atoms. The second-order valence-electron chi connectivity index (χ2n) is 3.18. The molecule has 15 heavy (non-hydrogen) atoms. The Bertz CT molecular complexity index is 394. The van der Waals surface area contributed by atoms with Gasteiger partial charge in [0.2, 0.25) is 0 Å². The lowest BCUT2D eigenvalue weighted by Crippen LogP contribution is -2.00. The predicted molar refractivity (Wildman–Crippen MR) is 72.7 cm³/mol. The molecule has 0 N–H and O–H groups in total. The van der Waals surface area contributed by atoms with Crippen molar-refractivity contribution in [3.05, 3.63) is 50.2 Å². The molecule has 0 bridgehead atoms. The van der Waals surface area contributed by atoms with Crippen LogP contribution in [0.4, 0.5) is 0 Å². The highest BCUT2D eigenvalue weighted by molar-refractivity contribution is 14.1. The quantitative estimate of drug-likeness (QED) is 0.771. The predicted octanol–water partition coefficient (Wildman–Crippen LogP) is 3.97. The van der Waals surface area contributed by atoms with Gasteiger partial charge in [0, 0.05) is 9.99 Å². The van der Waals surface area contributed by atoms with Gasteiger partial charge in [-0.25, -0.2) is 0 Å². The van der Waals surface area contributed by atoms with Crippen molar-refractivity contribution in [3.63, 3.8) is 0 Å². The average molecular weight is 330 g/mol. The fourth-order valence-corrected chi connectivity index (χ4v) is 2.32. The normalized spacial score (nSPS) is 10.2. The highest BCUT2D eigenvalue weighted by atomic mass is 127. The molecule has 0 radical (unpaired) electrons. The zero-order chi connectivity index (χ0) is 10.5. The third-order valence-electron chi connectivity index (χ3n) is 2.05. The summed E-state index contributed by atoms with van der Waals surface area (Å²) in [5, 5.41) is 4.26. The van der Waals surface area contributed by atoms with Crippen molar-refractivity contribution in [2.75, 3.05) is 6.61 Å².